The predicted octanol–water partition coefficient (Wildman–Crippen LogP) is -0.295. The largest absolute Gasteiger partial charge is 0.331 e. The molecule has 0 bridgehead atoms. The summed E-state index contributed by atoms with van der Waals surface area (Å²) in [5.41, 5.74) is -1.59. The molecular weight excluding hydrogens is 210 g/mol. The van der Waals surface area contributed by atoms with Crippen LogP contribution in [0.5, 0.6) is 0 Å². The topological polar surface area (TPSA) is 73.4 Å². The number of halogens is 1. The van der Waals surface area contributed by atoms with Crippen molar-refractivity contribution in [3.05, 3.63) is 26.0 Å². The lowest BCUT2D eigenvalue weighted by atomic mass is 10.5. The number of hydrogen-bond acceptors (Lipinski definition) is 4. The quantitative estimate of drug-likeness (QED) is 0.367. The van der Waals surface area contributed by atoms with Crippen molar-refractivity contribution >= 4 is 23.4 Å². The molecule has 1 heterocycles. The molecule has 0 unspecified atom stereocenters. The third kappa shape index (κ3) is 1.41. The van der Waals surface area contributed by atoms with Gasteiger partial charge in [0.25, 0.3) is 5.56 Å². The lowest BCUT2D eigenvalue weighted by molar-refractivity contribution is 0.565. The van der Waals surface area contributed by atoms with Gasteiger partial charge >= 0.3 is 5.69 Å². The minimum atomic E-state index is -0.721. The lowest BCUT2D eigenvalue weighted by Crippen LogP contribution is -2.36. The van der Waals surface area contributed by atoms with Gasteiger partial charge in [0.2, 0.25) is 6.08 Å². The van der Waals surface area contributed by atoms with Gasteiger partial charge in [-0.15, -0.1) is 0 Å². The second-order valence-corrected chi connectivity index (χ2v) is 2.91. The fourth-order valence-electron chi connectivity index (χ4n) is 0.941. The van der Waals surface area contributed by atoms with E-state index in [0.29, 0.717) is 0 Å². The van der Waals surface area contributed by atoms with Crippen LogP contribution in [0.4, 0.5) is 5.69 Å². The zero-order chi connectivity index (χ0) is 10.9. The van der Waals surface area contributed by atoms with Gasteiger partial charge in [0.05, 0.1) is 0 Å². The maximum atomic E-state index is 11.3. The van der Waals surface area contributed by atoms with Crippen LogP contribution >= 0.6 is 11.6 Å². The van der Waals surface area contributed by atoms with Gasteiger partial charge < -0.3 is 0 Å². The van der Waals surface area contributed by atoms with E-state index in [1.807, 2.05) is 0 Å². The smallest absolute Gasteiger partial charge is 0.285 e. The molecule has 0 aliphatic carbocycles. The van der Waals surface area contributed by atoms with E-state index in [9.17, 15) is 14.4 Å². The third-order valence-electron chi connectivity index (χ3n) is 1.73. The first kappa shape index (κ1) is 10.4. The molecule has 1 aromatic heterocycles. The number of rotatable bonds is 1. The summed E-state index contributed by atoms with van der Waals surface area (Å²) in [7, 11) is 2.64. The fourth-order valence-corrected chi connectivity index (χ4v) is 1.14. The number of hydrogen-bond donors (Lipinski definition) is 0. The Morgan fingerprint density at radius 1 is 1.29 bits per heavy atom. The highest BCUT2D eigenvalue weighted by Gasteiger charge is 2.12. The van der Waals surface area contributed by atoms with Crippen molar-refractivity contribution in [3.63, 3.8) is 0 Å². The maximum absolute atomic E-state index is 11.3. The van der Waals surface area contributed by atoms with E-state index in [0.717, 1.165) is 9.13 Å². The summed E-state index contributed by atoms with van der Waals surface area (Å²) < 4.78 is 1.82. The first-order valence-electron chi connectivity index (χ1n) is 3.54. The van der Waals surface area contributed by atoms with E-state index < -0.39 is 11.2 Å². The minimum absolute atomic E-state index is 0.179. The first-order chi connectivity index (χ1) is 6.50. The van der Waals surface area contributed by atoms with Crippen molar-refractivity contribution in [2.24, 2.45) is 19.1 Å². The summed E-state index contributed by atoms with van der Waals surface area (Å²) in [6.45, 7) is 0. The highest BCUT2D eigenvalue weighted by molar-refractivity contribution is 6.31. The molecule has 6 nitrogen and oxygen atoms in total. The van der Waals surface area contributed by atoms with Crippen LogP contribution in [0.15, 0.2) is 14.6 Å². The number of aromatic nitrogens is 2. The normalized spacial score (nSPS) is 9.64. The van der Waals surface area contributed by atoms with Gasteiger partial charge in [-0.1, -0.05) is 11.6 Å². The molecule has 14 heavy (non-hydrogen) atoms. The van der Waals surface area contributed by atoms with Gasteiger partial charge in [0, 0.05) is 14.1 Å². The third-order valence-corrected chi connectivity index (χ3v) is 2.16. The Hall–Kier alpha value is -1.65. The SMILES string of the molecule is Cn1c(Cl)c(N=C=O)c(=O)n(C)c1=O. The Kier molecular flexibility index (Phi) is 2.69. The molecule has 0 N–H and O–H groups in total. The molecule has 0 spiro atoms. The van der Waals surface area contributed by atoms with Crippen LogP contribution in [0, 0.1) is 0 Å². The van der Waals surface area contributed by atoms with Gasteiger partial charge in [-0.3, -0.25) is 13.9 Å². The highest BCUT2D eigenvalue weighted by Crippen LogP contribution is 2.16. The molecule has 0 radical (unpaired) electrons. The van der Waals surface area contributed by atoms with Crippen molar-refractivity contribution in [2.75, 3.05) is 0 Å². The molecule has 0 aliphatic rings. The van der Waals surface area contributed by atoms with Crippen LogP contribution < -0.4 is 11.2 Å². The Morgan fingerprint density at radius 3 is 2.36 bits per heavy atom. The summed E-state index contributed by atoms with van der Waals surface area (Å²) in [5.74, 6) is 0. The summed E-state index contributed by atoms with van der Waals surface area (Å²) in [6.07, 6.45) is 1.20. The molecule has 0 atom stereocenters. The molecule has 0 aliphatic heterocycles. The molecule has 0 fully saturated rings. The molecule has 0 saturated heterocycles. The second-order valence-electron chi connectivity index (χ2n) is 2.55. The van der Waals surface area contributed by atoms with E-state index in [1.165, 1.54) is 20.2 Å². The predicted molar refractivity (Wildman–Crippen MR) is 49.7 cm³/mol. The highest BCUT2D eigenvalue weighted by atomic mass is 35.5. The van der Waals surface area contributed by atoms with Crippen molar-refractivity contribution in [2.45, 2.75) is 0 Å². The molecule has 7 heteroatoms. The summed E-state index contributed by atoms with van der Waals surface area (Å²) in [5, 5.41) is -0.179. The van der Waals surface area contributed by atoms with Crippen LogP contribution in [0.25, 0.3) is 0 Å². The maximum Gasteiger partial charge on any atom is 0.331 e. The van der Waals surface area contributed by atoms with E-state index in [-0.39, 0.29) is 10.8 Å². The second kappa shape index (κ2) is 3.61. The monoisotopic (exact) mass is 215 g/mol. The Labute approximate surface area is 83.1 Å². The Morgan fingerprint density at radius 2 is 1.86 bits per heavy atom. The van der Waals surface area contributed by atoms with Crippen molar-refractivity contribution in [1.82, 2.24) is 9.13 Å². The van der Waals surface area contributed by atoms with Gasteiger partial charge in [-0.25, -0.2) is 9.59 Å². The average molecular weight is 216 g/mol. The molecule has 74 valence electrons. The van der Waals surface area contributed by atoms with E-state index in [1.54, 1.807) is 0 Å². The molecule has 0 amide bonds. The van der Waals surface area contributed by atoms with Gasteiger partial charge in [-0.05, 0) is 0 Å². The summed E-state index contributed by atoms with van der Waals surface area (Å²) in [6, 6.07) is 0. The zero-order valence-electron chi connectivity index (χ0n) is 7.44. The fraction of sp³-hybridized carbons (Fsp3) is 0.286. The van der Waals surface area contributed by atoms with Crippen LogP contribution in [-0.4, -0.2) is 15.2 Å². The van der Waals surface area contributed by atoms with Gasteiger partial charge in [0.15, 0.2) is 5.69 Å². The van der Waals surface area contributed by atoms with E-state index in [4.69, 9.17) is 11.6 Å². The zero-order valence-corrected chi connectivity index (χ0v) is 8.20. The molecule has 1 aromatic rings. The average Bonchev–Trinajstić information content (AvgIpc) is 2.19. The Balaban J connectivity index is 3.87. The van der Waals surface area contributed by atoms with Crippen LogP contribution in [0.3, 0.4) is 0 Å². The Bertz CT molecular complexity index is 536. The minimum Gasteiger partial charge on any atom is -0.285 e. The number of nitrogens with zero attached hydrogens (tertiary/aromatic N) is 3. The van der Waals surface area contributed by atoms with E-state index >= 15 is 0 Å². The van der Waals surface area contributed by atoms with Gasteiger partial charge in [-0.2, -0.15) is 4.99 Å². The number of carbonyl (C=O) groups excluding carboxylic acids is 1. The van der Waals surface area contributed by atoms with Gasteiger partial charge in [0.1, 0.15) is 5.15 Å². The standard InChI is InChI=1S/C7H6ClN3O3/c1-10-5(8)4(9-3-12)6(13)11(2)7(10)14/h1-2H3. The molecule has 0 aromatic carbocycles. The number of aliphatic imine (C=N–C) groups is 1. The van der Waals surface area contributed by atoms with Crippen molar-refractivity contribution in [1.29, 1.82) is 0 Å². The first-order valence-corrected chi connectivity index (χ1v) is 3.92. The molecule has 1 rings (SSSR count). The summed E-state index contributed by atoms with van der Waals surface area (Å²) in [4.78, 5) is 35.8. The van der Waals surface area contributed by atoms with Crippen molar-refractivity contribution in [3.8, 4) is 0 Å². The van der Waals surface area contributed by atoms with Crippen molar-refractivity contribution < 1.29 is 4.79 Å². The lowest BCUT2D eigenvalue weighted by Gasteiger charge is -2.05. The molecular formula is C7H6ClN3O3. The van der Waals surface area contributed by atoms with Crippen LogP contribution in [-0.2, 0) is 18.9 Å². The van der Waals surface area contributed by atoms with E-state index in [2.05, 4.69) is 4.99 Å². The number of isocyanates is 1. The van der Waals surface area contributed by atoms with Crippen LogP contribution in [0.2, 0.25) is 5.15 Å². The molecule has 0 saturated carbocycles. The van der Waals surface area contributed by atoms with Crippen LogP contribution in [0.1, 0.15) is 0 Å². The summed E-state index contributed by atoms with van der Waals surface area (Å²) >= 11 is 5.63.